The number of aryl methyl sites for hydroxylation is 1. The van der Waals surface area contributed by atoms with Crippen LogP contribution in [0.25, 0.3) is 11.2 Å². The largest absolute Gasteiger partial charge is 0.339 e. The standard InChI is InChI=1S/C16H16N4O3/c1-2-3-9-19-13-12(17-10-18-13)15(22)20(16(19)23)14(21)11-7-5-4-6-8-11/h4-8,10H,2-3,9H2,1H3,(H,17,18). The minimum absolute atomic E-state index is 0.157. The highest BCUT2D eigenvalue weighted by molar-refractivity contribution is 5.96. The Morgan fingerprint density at radius 3 is 2.65 bits per heavy atom. The van der Waals surface area contributed by atoms with Crippen molar-refractivity contribution in [1.29, 1.82) is 0 Å². The van der Waals surface area contributed by atoms with Crippen molar-refractivity contribution in [2.75, 3.05) is 0 Å². The van der Waals surface area contributed by atoms with Crippen LogP contribution in [0.1, 0.15) is 30.1 Å². The van der Waals surface area contributed by atoms with E-state index >= 15 is 0 Å². The number of H-pyrrole nitrogens is 1. The number of hydrogen-bond acceptors (Lipinski definition) is 4. The van der Waals surface area contributed by atoms with Crippen molar-refractivity contribution in [3.63, 3.8) is 0 Å². The summed E-state index contributed by atoms with van der Waals surface area (Å²) in [5.74, 6) is -0.637. The maximum atomic E-state index is 12.7. The van der Waals surface area contributed by atoms with E-state index in [1.807, 2.05) is 6.92 Å². The van der Waals surface area contributed by atoms with Crippen LogP contribution < -0.4 is 11.2 Å². The number of aromatic nitrogens is 4. The summed E-state index contributed by atoms with van der Waals surface area (Å²) in [5.41, 5.74) is -0.607. The van der Waals surface area contributed by atoms with Gasteiger partial charge in [-0.1, -0.05) is 31.5 Å². The van der Waals surface area contributed by atoms with Gasteiger partial charge >= 0.3 is 5.69 Å². The lowest BCUT2D eigenvalue weighted by Crippen LogP contribution is -2.44. The van der Waals surface area contributed by atoms with Crippen LogP contribution >= 0.6 is 0 Å². The Kier molecular flexibility index (Phi) is 3.92. The fourth-order valence-corrected chi connectivity index (χ4v) is 2.47. The van der Waals surface area contributed by atoms with E-state index < -0.39 is 17.2 Å². The van der Waals surface area contributed by atoms with E-state index in [4.69, 9.17) is 0 Å². The Labute approximate surface area is 131 Å². The van der Waals surface area contributed by atoms with Gasteiger partial charge in [-0.25, -0.2) is 9.78 Å². The molecule has 0 radical (unpaired) electrons. The van der Waals surface area contributed by atoms with Gasteiger partial charge in [0.05, 0.1) is 6.33 Å². The average Bonchev–Trinajstić information content (AvgIpc) is 3.05. The Bertz CT molecular complexity index is 966. The molecule has 0 bridgehead atoms. The van der Waals surface area contributed by atoms with E-state index in [2.05, 4.69) is 9.97 Å². The van der Waals surface area contributed by atoms with E-state index in [1.54, 1.807) is 30.3 Å². The Morgan fingerprint density at radius 2 is 1.96 bits per heavy atom. The lowest BCUT2D eigenvalue weighted by atomic mass is 10.2. The number of benzene rings is 1. The molecule has 0 aliphatic carbocycles. The molecule has 7 heteroatoms. The normalized spacial score (nSPS) is 11.0. The molecular formula is C16H16N4O3. The molecule has 3 rings (SSSR count). The number of hydrogen-bond donors (Lipinski definition) is 1. The van der Waals surface area contributed by atoms with Crippen LogP contribution in [0.2, 0.25) is 0 Å². The van der Waals surface area contributed by atoms with Gasteiger partial charge in [-0.05, 0) is 18.6 Å². The van der Waals surface area contributed by atoms with Gasteiger partial charge in [0.25, 0.3) is 11.5 Å². The fraction of sp³-hybridized carbons (Fsp3) is 0.250. The van der Waals surface area contributed by atoms with Crippen LogP contribution in [-0.4, -0.2) is 25.0 Å². The van der Waals surface area contributed by atoms with Crippen LogP contribution in [0, 0.1) is 0 Å². The summed E-state index contributed by atoms with van der Waals surface area (Å²) in [7, 11) is 0. The zero-order chi connectivity index (χ0) is 16.4. The van der Waals surface area contributed by atoms with E-state index in [1.165, 1.54) is 10.9 Å². The fourth-order valence-electron chi connectivity index (χ4n) is 2.47. The summed E-state index contributed by atoms with van der Waals surface area (Å²) in [6, 6.07) is 8.27. The molecule has 7 nitrogen and oxygen atoms in total. The molecule has 0 spiro atoms. The van der Waals surface area contributed by atoms with Gasteiger partial charge in [0.1, 0.15) is 5.52 Å². The third kappa shape index (κ3) is 2.50. The first-order valence-corrected chi connectivity index (χ1v) is 7.43. The summed E-state index contributed by atoms with van der Waals surface area (Å²) < 4.78 is 2.04. The lowest BCUT2D eigenvalue weighted by molar-refractivity contribution is 0.0949. The zero-order valence-electron chi connectivity index (χ0n) is 12.7. The molecule has 0 unspecified atom stereocenters. The zero-order valence-corrected chi connectivity index (χ0v) is 12.7. The molecule has 2 heterocycles. The molecule has 0 saturated heterocycles. The molecule has 0 atom stereocenters. The third-order valence-electron chi connectivity index (χ3n) is 3.67. The number of nitrogens with zero attached hydrogens (tertiary/aromatic N) is 3. The smallest absolute Gasteiger partial charge is 0.339 e. The van der Waals surface area contributed by atoms with Gasteiger partial charge in [-0.2, -0.15) is 4.57 Å². The molecule has 0 saturated carbocycles. The second kappa shape index (κ2) is 6.04. The molecule has 2 aromatic heterocycles. The van der Waals surface area contributed by atoms with E-state index in [-0.39, 0.29) is 16.7 Å². The number of unbranched alkanes of at least 4 members (excludes halogenated alkanes) is 1. The van der Waals surface area contributed by atoms with Gasteiger partial charge in [-0.15, -0.1) is 0 Å². The van der Waals surface area contributed by atoms with Crippen LogP contribution in [0.15, 0.2) is 46.2 Å². The number of carbonyl (C=O) groups excluding carboxylic acids is 1. The summed E-state index contributed by atoms with van der Waals surface area (Å²) in [6.07, 6.45) is 2.98. The van der Waals surface area contributed by atoms with E-state index in [9.17, 15) is 14.4 Å². The SMILES string of the molecule is CCCCn1c(=O)n(C(=O)c2ccccc2)c(=O)c2[nH]cnc21. The first-order valence-electron chi connectivity index (χ1n) is 7.43. The van der Waals surface area contributed by atoms with Crippen molar-refractivity contribution >= 4 is 17.1 Å². The quantitative estimate of drug-likeness (QED) is 0.788. The molecule has 0 aliphatic heterocycles. The van der Waals surface area contributed by atoms with E-state index in [0.29, 0.717) is 11.1 Å². The van der Waals surface area contributed by atoms with Crippen molar-refractivity contribution in [3.05, 3.63) is 63.1 Å². The summed E-state index contributed by atoms with van der Waals surface area (Å²) in [5, 5.41) is 0. The molecular weight excluding hydrogens is 296 g/mol. The van der Waals surface area contributed by atoms with Crippen LogP contribution in [0.5, 0.6) is 0 Å². The van der Waals surface area contributed by atoms with Gasteiger partial charge in [0, 0.05) is 12.1 Å². The maximum absolute atomic E-state index is 12.7. The number of rotatable bonds is 4. The van der Waals surface area contributed by atoms with Crippen LogP contribution in [-0.2, 0) is 6.54 Å². The van der Waals surface area contributed by atoms with Crippen LogP contribution in [0.3, 0.4) is 0 Å². The first kappa shape index (κ1) is 15.0. The summed E-state index contributed by atoms with van der Waals surface area (Å²) in [6.45, 7) is 2.40. The van der Waals surface area contributed by atoms with Gasteiger partial charge in [0.2, 0.25) is 0 Å². The predicted octanol–water partition coefficient (Wildman–Crippen LogP) is 1.37. The monoisotopic (exact) mass is 312 g/mol. The Hall–Kier alpha value is -2.96. The number of nitrogens with one attached hydrogen (secondary N) is 1. The second-order valence-corrected chi connectivity index (χ2v) is 5.20. The topological polar surface area (TPSA) is 89.8 Å². The minimum atomic E-state index is -0.677. The lowest BCUT2D eigenvalue weighted by Gasteiger charge is -2.10. The van der Waals surface area contributed by atoms with Crippen molar-refractivity contribution in [1.82, 2.24) is 19.1 Å². The molecule has 1 aromatic carbocycles. The van der Waals surface area contributed by atoms with Gasteiger partial charge in [-0.3, -0.25) is 14.2 Å². The second-order valence-electron chi connectivity index (χ2n) is 5.20. The van der Waals surface area contributed by atoms with Crippen molar-refractivity contribution in [2.24, 2.45) is 0 Å². The molecule has 0 aliphatic rings. The third-order valence-corrected chi connectivity index (χ3v) is 3.67. The number of fused-ring (bicyclic) bond motifs is 1. The molecule has 1 N–H and O–H groups in total. The molecule has 3 aromatic rings. The summed E-state index contributed by atoms with van der Waals surface area (Å²) >= 11 is 0. The van der Waals surface area contributed by atoms with Gasteiger partial charge in [0.15, 0.2) is 5.65 Å². The summed E-state index contributed by atoms with van der Waals surface area (Å²) in [4.78, 5) is 44.5. The molecule has 23 heavy (non-hydrogen) atoms. The Morgan fingerprint density at radius 1 is 1.22 bits per heavy atom. The molecule has 118 valence electrons. The van der Waals surface area contributed by atoms with E-state index in [0.717, 1.165) is 12.8 Å². The highest BCUT2D eigenvalue weighted by Crippen LogP contribution is 2.05. The van der Waals surface area contributed by atoms with Crippen molar-refractivity contribution in [2.45, 2.75) is 26.3 Å². The first-order chi connectivity index (χ1) is 11.1. The molecule has 0 fully saturated rings. The van der Waals surface area contributed by atoms with Crippen LogP contribution in [0.4, 0.5) is 0 Å². The van der Waals surface area contributed by atoms with Gasteiger partial charge < -0.3 is 4.98 Å². The Balaban J connectivity index is 2.27. The highest BCUT2D eigenvalue weighted by Gasteiger charge is 2.20. The number of aromatic amines is 1. The molecule has 0 amide bonds. The van der Waals surface area contributed by atoms with Crippen molar-refractivity contribution < 1.29 is 4.79 Å². The number of imidazole rings is 1. The maximum Gasteiger partial charge on any atom is 0.339 e. The predicted molar refractivity (Wildman–Crippen MR) is 85.7 cm³/mol. The highest BCUT2D eigenvalue weighted by atomic mass is 16.2. The number of carbonyl (C=O) groups is 1. The van der Waals surface area contributed by atoms with Crippen molar-refractivity contribution in [3.8, 4) is 0 Å². The minimum Gasteiger partial charge on any atom is -0.339 e. The average molecular weight is 312 g/mol.